The zero-order chi connectivity index (χ0) is 17.3. The van der Waals surface area contributed by atoms with Crippen LogP contribution in [-0.4, -0.2) is 15.7 Å². The third kappa shape index (κ3) is 3.77. The Kier molecular flexibility index (Phi) is 4.34. The van der Waals surface area contributed by atoms with Gasteiger partial charge >= 0.3 is 6.18 Å². The van der Waals surface area contributed by atoms with Gasteiger partial charge in [0.2, 0.25) is 5.91 Å². The Morgan fingerprint density at radius 3 is 2.58 bits per heavy atom. The number of halogens is 3. The quantitative estimate of drug-likeness (QED) is 0.905. The van der Waals surface area contributed by atoms with Gasteiger partial charge in [-0.05, 0) is 31.4 Å². The Morgan fingerprint density at radius 2 is 2.00 bits per heavy atom. The SMILES string of the molecule is C[C@@H](NC(=O)Cn1nc(C(F)(F)F)cc1C1CC1)c1ccccc1. The van der Waals surface area contributed by atoms with E-state index in [9.17, 15) is 18.0 Å². The van der Waals surface area contributed by atoms with E-state index in [1.807, 2.05) is 37.3 Å². The third-order valence-electron chi connectivity index (χ3n) is 4.07. The second-order valence-electron chi connectivity index (χ2n) is 6.08. The third-order valence-corrected chi connectivity index (χ3v) is 4.07. The van der Waals surface area contributed by atoms with E-state index in [1.165, 1.54) is 4.68 Å². The molecule has 0 saturated heterocycles. The van der Waals surface area contributed by atoms with Crippen molar-refractivity contribution in [2.24, 2.45) is 0 Å². The average Bonchev–Trinajstić information content (AvgIpc) is 3.28. The van der Waals surface area contributed by atoms with Gasteiger partial charge < -0.3 is 5.32 Å². The molecule has 0 spiro atoms. The van der Waals surface area contributed by atoms with Crippen LogP contribution < -0.4 is 5.32 Å². The van der Waals surface area contributed by atoms with Crippen LogP contribution in [0.2, 0.25) is 0 Å². The summed E-state index contributed by atoms with van der Waals surface area (Å²) in [5, 5.41) is 6.39. The molecular weight excluding hydrogens is 319 g/mol. The highest BCUT2D eigenvalue weighted by Crippen LogP contribution is 2.42. The second kappa shape index (κ2) is 6.30. The standard InChI is InChI=1S/C17H18F3N3O/c1-11(12-5-3-2-4-6-12)21-16(24)10-23-14(13-7-8-13)9-15(22-23)17(18,19)20/h2-6,9,11,13H,7-8,10H2,1H3,(H,21,24)/t11-/m1/s1. The number of hydrogen-bond donors (Lipinski definition) is 1. The van der Waals surface area contributed by atoms with Crippen molar-refractivity contribution in [2.75, 3.05) is 0 Å². The fourth-order valence-corrected chi connectivity index (χ4v) is 2.65. The Labute approximate surface area is 137 Å². The maximum absolute atomic E-state index is 12.9. The lowest BCUT2D eigenvalue weighted by atomic mass is 10.1. The summed E-state index contributed by atoms with van der Waals surface area (Å²) in [5.74, 6) is -0.280. The summed E-state index contributed by atoms with van der Waals surface area (Å²) in [6, 6.07) is 10.2. The molecule has 4 nitrogen and oxygen atoms in total. The van der Waals surface area contributed by atoms with E-state index in [0.29, 0.717) is 5.69 Å². The van der Waals surface area contributed by atoms with Crippen LogP contribution in [0.3, 0.4) is 0 Å². The van der Waals surface area contributed by atoms with Crippen molar-refractivity contribution >= 4 is 5.91 Å². The molecule has 1 aromatic carbocycles. The number of nitrogens with zero attached hydrogens (tertiary/aromatic N) is 2. The zero-order valence-electron chi connectivity index (χ0n) is 13.2. The van der Waals surface area contributed by atoms with E-state index in [0.717, 1.165) is 24.5 Å². The molecule has 0 bridgehead atoms. The molecule has 2 aromatic rings. The van der Waals surface area contributed by atoms with Crippen LogP contribution in [0.5, 0.6) is 0 Å². The average molecular weight is 337 g/mol. The van der Waals surface area contributed by atoms with Gasteiger partial charge in [0, 0.05) is 11.6 Å². The molecular formula is C17H18F3N3O. The molecule has 1 aliphatic rings. The molecule has 3 rings (SSSR count). The molecule has 1 atom stereocenters. The molecule has 1 aromatic heterocycles. The number of alkyl halides is 3. The number of hydrogen-bond acceptors (Lipinski definition) is 2. The van der Waals surface area contributed by atoms with E-state index in [2.05, 4.69) is 10.4 Å². The minimum atomic E-state index is -4.50. The number of benzene rings is 1. The van der Waals surface area contributed by atoms with Crippen molar-refractivity contribution in [3.8, 4) is 0 Å². The van der Waals surface area contributed by atoms with Crippen molar-refractivity contribution in [3.63, 3.8) is 0 Å². The Hall–Kier alpha value is -2.31. The summed E-state index contributed by atoms with van der Waals surface area (Å²) in [7, 11) is 0. The Bertz CT molecular complexity index is 720. The fraction of sp³-hybridized carbons (Fsp3) is 0.412. The van der Waals surface area contributed by atoms with E-state index in [4.69, 9.17) is 0 Å². The Balaban J connectivity index is 1.71. The van der Waals surface area contributed by atoms with E-state index >= 15 is 0 Å². The first-order valence-corrected chi connectivity index (χ1v) is 7.84. The summed E-state index contributed by atoms with van der Waals surface area (Å²) in [6.07, 6.45) is -2.82. The summed E-state index contributed by atoms with van der Waals surface area (Å²) >= 11 is 0. The number of carbonyl (C=O) groups excluding carboxylic acids is 1. The molecule has 1 heterocycles. The number of carbonyl (C=O) groups is 1. The van der Waals surface area contributed by atoms with Gasteiger partial charge in [0.05, 0.1) is 6.04 Å². The lowest BCUT2D eigenvalue weighted by Gasteiger charge is -2.15. The van der Waals surface area contributed by atoms with E-state index in [-0.39, 0.29) is 24.4 Å². The van der Waals surface area contributed by atoms with Crippen molar-refractivity contribution in [2.45, 2.75) is 44.4 Å². The number of amides is 1. The topological polar surface area (TPSA) is 46.9 Å². The number of aromatic nitrogens is 2. The lowest BCUT2D eigenvalue weighted by molar-refractivity contribution is -0.141. The predicted octanol–water partition coefficient (Wildman–Crippen LogP) is 3.66. The molecule has 1 N–H and O–H groups in total. The molecule has 1 saturated carbocycles. The van der Waals surface area contributed by atoms with Gasteiger partial charge in [-0.15, -0.1) is 0 Å². The maximum Gasteiger partial charge on any atom is 0.435 e. The monoisotopic (exact) mass is 337 g/mol. The van der Waals surface area contributed by atoms with Crippen LogP contribution in [0.4, 0.5) is 13.2 Å². The van der Waals surface area contributed by atoms with Crippen LogP contribution in [0, 0.1) is 0 Å². The minimum Gasteiger partial charge on any atom is -0.348 e. The van der Waals surface area contributed by atoms with Gasteiger partial charge in [0.25, 0.3) is 0 Å². The minimum absolute atomic E-state index is 0.0768. The van der Waals surface area contributed by atoms with Crippen molar-refractivity contribution < 1.29 is 18.0 Å². The van der Waals surface area contributed by atoms with Crippen molar-refractivity contribution in [1.29, 1.82) is 0 Å². The maximum atomic E-state index is 12.9. The molecule has 128 valence electrons. The van der Waals surface area contributed by atoms with Gasteiger partial charge in [0.15, 0.2) is 5.69 Å². The van der Waals surface area contributed by atoms with Crippen molar-refractivity contribution in [3.05, 3.63) is 53.3 Å². The first-order valence-electron chi connectivity index (χ1n) is 7.84. The van der Waals surface area contributed by atoms with Gasteiger partial charge in [0.1, 0.15) is 6.54 Å². The summed E-state index contributed by atoms with van der Waals surface area (Å²) in [6.45, 7) is 1.62. The van der Waals surface area contributed by atoms with Gasteiger partial charge in [-0.1, -0.05) is 30.3 Å². The summed E-state index contributed by atoms with van der Waals surface area (Å²) in [4.78, 5) is 12.2. The molecule has 24 heavy (non-hydrogen) atoms. The van der Waals surface area contributed by atoms with E-state index < -0.39 is 11.9 Å². The van der Waals surface area contributed by atoms with Crippen LogP contribution in [0.15, 0.2) is 36.4 Å². The smallest absolute Gasteiger partial charge is 0.348 e. The van der Waals surface area contributed by atoms with Gasteiger partial charge in [-0.25, -0.2) is 0 Å². The number of rotatable bonds is 5. The molecule has 0 aliphatic heterocycles. The van der Waals surface area contributed by atoms with E-state index in [1.54, 1.807) is 0 Å². The Morgan fingerprint density at radius 1 is 1.33 bits per heavy atom. The molecule has 0 unspecified atom stereocenters. The summed E-state index contributed by atoms with van der Waals surface area (Å²) < 4.78 is 39.8. The van der Waals surface area contributed by atoms with Gasteiger partial charge in [-0.3, -0.25) is 9.48 Å². The molecule has 1 aliphatic carbocycles. The van der Waals surface area contributed by atoms with Crippen LogP contribution in [-0.2, 0) is 17.5 Å². The van der Waals surface area contributed by atoms with Crippen LogP contribution in [0.1, 0.15) is 48.7 Å². The highest BCUT2D eigenvalue weighted by Gasteiger charge is 2.38. The normalized spacial score (nSPS) is 16.0. The second-order valence-corrected chi connectivity index (χ2v) is 6.08. The van der Waals surface area contributed by atoms with Crippen LogP contribution >= 0.6 is 0 Å². The fourth-order valence-electron chi connectivity index (χ4n) is 2.65. The first kappa shape index (κ1) is 16.5. The number of nitrogens with one attached hydrogen (secondary N) is 1. The molecule has 0 radical (unpaired) electrons. The molecule has 7 heteroatoms. The van der Waals surface area contributed by atoms with Crippen LogP contribution in [0.25, 0.3) is 0 Å². The highest BCUT2D eigenvalue weighted by molar-refractivity contribution is 5.76. The van der Waals surface area contributed by atoms with Crippen molar-refractivity contribution in [1.82, 2.24) is 15.1 Å². The highest BCUT2D eigenvalue weighted by atomic mass is 19.4. The molecule has 1 amide bonds. The zero-order valence-corrected chi connectivity index (χ0v) is 13.2. The van der Waals surface area contributed by atoms with Gasteiger partial charge in [-0.2, -0.15) is 18.3 Å². The lowest BCUT2D eigenvalue weighted by Crippen LogP contribution is -2.31. The predicted molar refractivity (Wildman–Crippen MR) is 82.2 cm³/mol. The summed E-state index contributed by atoms with van der Waals surface area (Å²) in [5.41, 5.74) is 0.489. The first-order chi connectivity index (χ1) is 11.3. The molecule has 1 fully saturated rings. The largest absolute Gasteiger partial charge is 0.435 e.